The van der Waals surface area contributed by atoms with E-state index in [-0.39, 0.29) is 11.9 Å². The number of pyridine rings is 1. The van der Waals surface area contributed by atoms with Gasteiger partial charge in [0.1, 0.15) is 0 Å². The number of aliphatic imine (C=N–C) groups is 1. The number of unbranched alkanes of at least 4 members (excludes halogenated alkanes) is 1. The summed E-state index contributed by atoms with van der Waals surface area (Å²) >= 11 is 0. The van der Waals surface area contributed by atoms with Gasteiger partial charge in [0.25, 0.3) is 0 Å². The summed E-state index contributed by atoms with van der Waals surface area (Å²) in [5, 5.41) is 6.68. The Kier molecular flexibility index (Phi) is 5.78. The number of halogens is 1. The van der Waals surface area contributed by atoms with Crippen molar-refractivity contribution in [3.8, 4) is 0 Å². The van der Waals surface area contributed by atoms with E-state index < -0.39 is 0 Å². The van der Waals surface area contributed by atoms with E-state index in [0.717, 1.165) is 44.9 Å². The third-order valence-electron chi connectivity index (χ3n) is 3.61. The van der Waals surface area contributed by atoms with Gasteiger partial charge in [-0.15, -0.1) is 0 Å². The van der Waals surface area contributed by atoms with E-state index in [0.29, 0.717) is 5.82 Å². The molecule has 0 bridgehead atoms. The van der Waals surface area contributed by atoms with Gasteiger partial charge < -0.3 is 15.5 Å². The largest absolute Gasteiger partial charge is 0.356 e. The highest BCUT2D eigenvalue weighted by Gasteiger charge is 2.25. The summed E-state index contributed by atoms with van der Waals surface area (Å²) in [6, 6.07) is 3.33. The molecule has 0 spiro atoms. The van der Waals surface area contributed by atoms with E-state index in [1.54, 1.807) is 19.3 Å². The summed E-state index contributed by atoms with van der Waals surface area (Å²) in [6.45, 7) is 4.62. The van der Waals surface area contributed by atoms with Crippen LogP contribution < -0.4 is 15.5 Å². The van der Waals surface area contributed by atoms with E-state index in [2.05, 4.69) is 27.5 Å². The third kappa shape index (κ3) is 4.31. The molecule has 6 heteroatoms. The molecule has 1 atom stereocenters. The minimum atomic E-state index is -0.261. The second-order valence-electron chi connectivity index (χ2n) is 5.24. The van der Waals surface area contributed by atoms with Crippen LogP contribution in [0, 0.1) is 5.82 Å². The minimum absolute atomic E-state index is 0.261. The molecule has 2 N–H and O–H groups in total. The molecule has 0 radical (unpaired) electrons. The van der Waals surface area contributed by atoms with Crippen LogP contribution in [0.4, 0.5) is 10.2 Å². The zero-order valence-corrected chi connectivity index (χ0v) is 12.8. The maximum Gasteiger partial charge on any atom is 0.191 e. The van der Waals surface area contributed by atoms with Gasteiger partial charge in [-0.05, 0) is 25.0 Å². The number of guanidine groups is 1. The number of rotatable bonds is 5. The van der Waals surface area contributed by atoms with E-state index in [9.17, 15) is 4.39 Å². The number of anilines is 1. The van der Waals surface area contributed by atoms with E-state index in [1.165, 1.54) is 6.07 Å². The molecule has 1 aromatic rings. The first-order valence-electron chi connectivity index (χ1n) is 7.57. The Morgan fingerprint density at radius 1 is 1.57 bits per heavy atom. The molecule has 1 aliphatic rings. The van der Waals surface area contributed by atoms with Crippen molar-refractivity contribution in [2.24, 2.45) is 4.99 Å². The Hall–Kier alpha value is -1.85. The molecule has 1 saturated heterocycles. The first kappa shape index (κ1) is 15.5. The van der Waals surface area contributed by atoms with Crippen LogP contribution in [0.15, 0.2) is 23.3 Å². The van der Waals surface area contributed by atoms with Crippen LogP contribution in [0.2, 0.25) is 0 Å². The fourth-order valence-electron chi connectivity index (χ4n) is 2.45. The number of nitrogens with one attached hydrogen (secondary N) is 2. The fraction of sp³-hybridized carbons (Fsp3) is 0.600. The molecule has 0 aromatic carbocycles. The van der Waals surface area contributed by atoms with Gasteiger partial charge in [0, 0.05) is 38.9 Å². The Balaban J connectivity index is 1.86. The zero-order valence-electron chi connectivity index (χ0n) is 12.8. The fourth-order valence-corrected chi connectivity index (χ4v) is 2.45. The molecular formula is C15H24FN5. The monoisotopic (exact) mass is 293 g/mol. The van der Waals surface area contributed by atoms with Crippen molar-refractivity contribution in [3.63, 3.8) is 0 Å². The Labute approximate surface area is 125 Å². The van der Waals surface area contributed by atoms with Crippen molar-refractivity contribution in [1.82, 2.24) is 15.6 Å². The number of hydrogen-bond donors (Lipinski definition) is 2. The van der Waals surface area contributed by atoms with Crippen LogP contribution >= 0.6 is 0 Å². The van der Waals surface area contributed by atoms with E-state index >= 15 is 0 Å². The number of hydrogen-bond acceptors (Lipinski definition) is 3. The average molecular weight is 293 g/mol. The minimum Gasteiger partial charge on any atom is -0.356 e. The van der Waals surface area contributed by atoms with Crippen molar-refractivity contribution in [2.45, 2.75) is 32.2 Å². The highest BCUT2D eigenvalue weighted by atomic mass is 19.1. The van der Waals surface area contributed by atoms with Crippen molar-refractivity contribution in [2.75, 3.05) is 31.6 Å². The lowest BCUT2D eigenvalue weighted by molar-refractivity contribution is 0.612. The van der Waals surface area contributed by atoms with Gasteiger partial charge in [0.2, 0.25) is 0 Å². The predicted octanol–water partition coefficient (Wildman–Crippen LogP) is 1.76. The maximum absolute atomic E-state index is 13.7. The number of aromatic nitrogens is 1. The maximum atomic E-state index is 13.7. The van der Waals surface area contributed by atoms with Gasteiger partial charge in [-0.2, -0.15) is 0 Å². The Bertz CT molecular complexity index is 477. The van der Waals surface area contributed by atoms with Crippen LogP contribution in [0.25, 0.3) is 0 Å². The first-order chi connectivity index (χ1) is 10.2. The van der Waals surface area contributed by atoms with Gasteiger partial charge in [0.15, 0.2) is 17.6 Å². The molecule has 116 valence electrons. The van der Waals surface area contributed by atoms with Crippen LogP contribution in [0.3, 0.4) is 0 Å². The Morgan fingerprint density at radius 3 is 3.14 bits per heavy atom. The lowest BCUT2D eigenvalue weighted by Crippen LogP contribution is -2.44. The highest BCUT2D eigenvalue weighted by Crippen LogP contribution is 2.20. The van der Waals surface area contributed by atoms with Crippen molar-refractivity contribution < 1.29 is 4.39 Å². The van der Waals surface area contributed by atoms with Gasteiger partial charge in [-0.3, -0.25) is 4.99 Å². The smallest absolute Gasteiger partial charge is 0.191 e. The molecule has 0 amide bonds. The van der Waals surface area contributed by atoms with Crippen LogP contribution in [0.5, 0.6) is 0 Å². The average Bonchev–Trinajstić information content (AvgIpc) is 2.95. The zero-order chi connectivity index (χ0) is 15.1. The molecule has 1 fully saturated rings. The molecule has 0 saturated carbocycles. The normalized spacial score (nSPS) is 18.9. The van der Waals surface area contributed by atoms with Crippen molar-refractivity contribution >= 4 is 11.8 Å². The highest BCUT2D eigenvalue weighted by molar-refractivity contribution is 5.80. The summed E-state index contributed by atoms with van der Waals surface area (Å²) in [5.41, 5.74) is 0. The van der Waals surface area contributed by atoms with Gasteiger partial charge in [0.05, 0.1) is 0 Å². The second kappa shape index (κ2) is 7.81. The molecule has 2 heterocycles. The summed E-state index contributed by atoms with van der Waals surface area (Å²) in [6.07, 6.45) is 4.85. The summed E-state index contributed by atoms with van der Waals surface area (Å²) < 4.78 is 13.7. The van der Waals surface area contributed by atoms with Crippen LogP contribution in [-0.2, 0) is 0 Å². The van der Waals surface area contributed by atoms with E-state index in [4.69, 9.17) is 0 Å². The SMILES string of the molecule is CCCCNC(=NC)NC1CCN(c2ncccc2F)C1. The summed E-state index contributed by atoms with van der Waals surface area (Å²) in [5.74, 6) is 0.996. The third-order valence-corrected chi connectivity index (χ3v) is 3.61. The quantitative estimate of drug-likeness (QED) is 0.493. The summed E-state index contributed by atoms with van der Waals surface area (Å²) in [7, 11) is 1.77. The topological polar surface area (TPSA) is 52.6 Å². The molecule has 0 aliphatic carbocycles. The molecule has 1 unspecified atom stereocenters. The van der Waals surface area contributed by atoms with Gasteiger partial charge in [-0.25, -0.2) is 9.37 Å². The van der Waals surface area contributed by atoms with Gasteiger partial charge in [-0.1, -0.05) is 13.3 Å². The molecular weight excluding hydrogens is 269 g/mol. The Morgan fingerprint density at radius 2 is 2.43 bits per heavy atom. The second-order valence-corrected chi connectivity index (χ2v) is 5.24. The molecule has 5 nitrogen and oxygen atoms in total. The molecule has 21 heavy (non-hydrogen) atoms. The summed E-state index contributed by atoms with van der Waals surface area (Å²) in [4.78, 5) is 10.3. The van der Waals surface area contributed by atoms with Crippen molar-refractivity contribution in [1.29, 1.82) is 0 Å². The van der Waals surface area contributed by atoms with Crippen molar-refractivity contribution in [3.05, 3.63) is 24.1 Å². The first-order valence-corrected chi connectivity index (χ1v) is 7.57. The predicted molar refractivity (Wildman–Crippen MR) is 84.2 cm³/mol. The lowest BCUT2D eigenvalue weighted by atomic mass is 10.3. The van der Waals surface area contributed by atoms with Crippen LogP contribution in [-0.4, -0.2) is 43.7 Å². The molecule has 1 aromatic heterocycles. The van der Waals surface area contributed by atoms with Crippen LogP contribution in [0.1, 0.15) is 26.2 Å². The molecule has 2 rings (SSSR count). The number of nitrogens with zero attached hydrogens (tertiary/aromatic N) is 3. The standard InChI is InChI=1S/C15H24FN5/c1-3-4-8-19-15(17-2)20-12-7-10-21(11-12)14-13(16)6-5-9-18-14/h5-6,9,12H,3-4,7-8,10-11H2,1-2H3,(H2,17,19,20). The lowest BCUT2D eigenvalue weighted by Gasteiger charge is -2.19. The molecule has 1 aliphatic heterocycles. The van der Waals surface area contributed by atoms with Gasteiger partial charge >= 0.3 is 0 Å². The van der Waals surface area contributed by atoms with E-state index in [1.807, 2.05) is 4.90 Å².